The quantitative estimate of drug-likeness (QED) is 0.899. The highest BCUT2D eigenvalue weighted by Crippen LogP contribution is 2.25. The molecule has 0 bridgehead atoms. The molecule has 0 aromatic carbocycles. The van der Waals surface area contributed by atoms with Crippen LogP contribution in [0.15, 0.2) is 18.3 Å². The van der Waals surface area contributed by atoms with Gasteiger partial charge in [-0.3, -0.25) is 0 Å². The van der Waals surface area contributed by atoms with E-state index in [2.05, 4.69) is 39.3 Å². The molecule has 2 fully saturated rings. The summed E-state index contributed by atoms with van der Waals surface area (Å²) in [4.78, 5) is 9.44. The van der Waals surface area contributed by atoms with Gasteiger partial charge in [-0.05, 0) is 38.8 Å². The number of piperidine rings is 1. The topological polar surface area (TPSA) is 31.4 Å². The molecule has 0 radical (unpaired) electrons. The first kappa shape index (κ1) is 12.7. The number of rotatable bonds is 3. The summed E-state index contributed by atoms with van der Waals surface area (Å²) < 4.78 is 0. The standard InChI is InChI=1S/C15H24N4/c1-16-13-5-10-18(11-6-13)14-4-7-17-15(12-14)19-8-2-3-9-19/h4,7,12-13,16H,2-3,5-6,8-11H2,1H3. The summed E-state index contributed by atoms with van der Waals surface area (Å²) in [6.45, 7) is 4.63. The van der Waals surface area contributed by atoms with E-state index in [4.69, 9.17) is 0 Å². The van der Waals surface area contributed by atoms with Crippen molar-refractivity contribution in [2.45, 2.75) is 31.7 Å². The van der Waals surface area contributed by atoms with Gasteiger partial charge in [0.05, 0.1) is 0 Å². The van der Waals surface area contributed by atoms with Crippen molar-refractivity contribution in [3.8, 4) is 0 Å². The van der Waals surface area contributed by atoms with Crippen molar-refractivity contribution in [1.29, 1.82) is 0 Å². The van der Waals surface area contributed by atoms with Crippen LogP contribution >= 0.6 is 0 Å². The van der Waals surface area contributed by atoms with Crippen molar-refractivity contribution < 1.29 is 0 Å². The minimum absolute atomic E-state index is 0.691. The largest absolute Gasteiger partial charge is 0.371 e. The van der Waals surface area contributed by atoms with Crippen LogP contribution < -0.4 is 15.1 Å². The van der Waals surface area contributed by atoms with Gasteiger partial charge in [0.15, 0.2) is 0 Å². The van der Waals surface area contributed by atoms with Crippen molar-refractivity contribution in [1.82, 2.24) is 10.3 Å². The van der Waals surface area contributed by atoms with Gasteiger partial charge < -0.3 is 15.1 Å². The van der Waals surface area contributed by atoms with Crippen LogP contribution in [0.3, 0.4) is 0 Å². The SMILES string of the molecule is CNC1CCN(c2ccnc(N3CCCC3)c2)CC1. The number of nitrogens with zero attached hydrogens (tertiary/aromatic N) is 3. The van der Waals surface area contributed by atoms with Gasteiger partial charge >= 0.3 is 0 Å². The summed E-state index contributed by atoms with van der Waals surface area (Å²) in [7, 11) is 2.07. The zero-order chi connectivity index (χ0) is 13.1. The first-order valence-electron chi connectivity index (χ1n) is 7.50. The second kappa shape index (κ2) is 5.78. The van der Waals surface area contributed by atoms with Gasteiger partial charge in [0.1, 0.15) is 5.82 Å². The highest BCUT2D eigenvalue weighted by molar-refractivity contribution is 5.55. The number of nitrogens with one attached hydrogen (secondary N) is 1. The van der Waals surface area contributed by atoms with E-state index in [0.717, 1.165) is 32.0 Å². The van der Waals surface area contributed by atoms with E-state index in [1.807, 2.05) is 6.20 Å². The molecule has 1 aromatic rings. The summed E-state index contributed by atoms with van der Waals surface area (Å²) in [5.74, 6) is 1.16. The van der Waals surface area contributed by atoms with Crippen LogP contribution in [0, 0.1) is 0 Å². The monoisotopic (exact) mass is 260 g/mol. The normalized spacial score (nSPS) is 21.1. The lowest BCUT2D eigenvalue weighted by Gasteiger charge is -2.33. The number of hydrogen-bond donors (Lipinski definition) is 1. The maximum atomic E-state index is 4.53. The van der Waals surface area contributed by atoms with Crippen LogP contribution in [0.4, 0.5) is 11.5 Å². The third kappa shape index (κ3) is 2.84. The lowest BCUT2D eigenvalue weighted by Crippen LogP contribution is -2.41. The number of pyridine rings is 1. The Morgan fingerprint density at radius 2 is 1.84 bits per heavy atom. The molecule has 1 N–H and O–H groups in total. The molecule has 104 valence electrons. The maximum Gasteiger partial charge on any atom is 0.130 e. The Kier molecular flexibility index (Phi) is 3.87. The Bertz CT molecular complexity index is 406. The average Bonchev–Trinajstić information content (AvgIpc) is 3.02. The predicted molar refractivity (Wildman–Crippen MR) is 80.0 cm³/mol. The third-order valence-corrected chi connectivity index (χ3v) is 4.43. The van der Waals surface area contributed by atoms with Gasteiger partial charge in [-0.2, -0.15) is 0 Å². The molecule has 0 unspecified atom stereocenters. The first-order valence-corrected chi connectivity index (χ1v) is 7.50. The zero-order valence-corrected chi connectivity index (χ0v) is 11.8. The van der Waals surface area contributed by atoms with E-state index in [1.165, 1.54) is 31.4 Å². The van der Waals surface area contributed by atoms with Crippen molar-refractivity contribution in [2.24, 2.45) is 0 Å². The van der Waals surface area contributed by atoms with Gasteiger partial charge in [0.2, 0.25) is 0 Å². The molecule has 2 aliphatic heterocycles. The molecule has 0 saturated carbocycles. The Morgan fingerprint density at radius 3 is 2.53 bits per heavy atom. The molecule has 0 amide bonds. The lowest BCUT2D eigenvalue weighted by atomic mass is 10.0. The summed E-state index contributed by atoms with van der Waals surface area (Å²) in [5, 5.41) is 3.38. The van der Waals surface area contributed by atoms with Gasteiger partial charge in [-0.1, -0.05) is 0 Å². The fraction of sp³-hybridized carbons (Fsp3) is 0.667. The van der Waals surface area contributed by atoms with Crippen LogP contribution in [0.2, 0.25) is 0 Å². The van der Waals surface area contributed by atoms with Crippen molar-refractivity contribution >= 4 is 11.5 Å². The molecule has 0 atom stereocenters. The molecule has 4 nitrogen and oxygen atoms in total. The van der Waals surface area contributed by atoms with Crippen LogP contribution in [-0.2, 0) is 0 Å². The second-order valence-electron chi connectivity index (χ2n) is 5.62. The lowest BCUT2D eigenvalue weighted by molar-refractivity contribution is 0.442. The van der Waals surface area contributed by atoms with Gasteiger partial charge in [-0.15, -0.1) is 0 Å². The molecular formula is C15H24N4. The summed E-state index contributed by atoms with van der Waals surface area (Å²) in [6.07, 6.45) is 7.04. The Labute approximate surface area is 115 Å². The van der Waals surface area contributed by atoms with Crippen molar-refractivity contribution in [3.63, 3.8) is 0 Å². The fourth-order valence-electron chi connectivity index (χ4n) is 3.15. The van der Waals surface area contributed by atoms with E-state index < -0.39 is 0 Å². The zero-order valence-electron chi connectivity index (χ0n) is 11.8. The van der Waals surface area contributed by atoms with E-state index >= 15 is 0 Å². The summed E-state index contributed by atoms with van der Waals surface area (Å²) >= 11 is 0. The highest BCUT2D eigenvalue weighted by Gasteiger charge is 2.19. The molecule has 1 aromatic heterocycles. The maximum absolute atomic E-state index is 4.53. The first-order chi connectivity index (χ1) is 9.36. The molecule has 2 aliphatic rings. The molecule has 4 heteroatoms. The van der Waals surface area contributed by atoms with Crippen LogP contribution in [-0.4, -0.2) is 44.3 Å². The third-order valence-electron chi connectivity index (χ3n) is 4.43. The molecule has 0 spiro atoms. The van der Waals surface area contributed by atoms with E-state index in [0.29, 0.717) is 6.04 Å². The molecule has 3 rings (SSSR count). The van der Waals surface area contributed by atoms with E-state index in [9.17, 15) is 0 Å². The molecule has 19 heavy (non-hydrogen) atoms. The highest BCUT2D eigenvalue weighted by atomic mass is 15.2. The second-order valence-corrected chi connectivity index (χ2v) is 5.62. The van der Waals surface area contributed by atoms with Crippen LogP contribution in [0.25, 0.3) is 0 Å². The molecule has 2 saturated heterocycles. The van der Waals surface area contributed by atoms with Crippen molar-refractivity contribution in [3.05, 3.63) is 18.3 Å². The Morgan fingerprint density at radius 1 is 1.11 bits per heavy atom. The molecule has 3 heterocycles. The number of aromatic nitrogens is 1. The van der Waals surface area contributed by atoms with Gasteiger partial charge in [0, 0.05) is 50.2 Å². The van der Waals surface area contributed by atoms with Gasteiger partial charge in [-0.25, -0.2) is 4.98 Å². The summed E-state index contributed by atoms with van der Waals surface area (Å²) in [6, 6.07) is 5.11. The number of anilines is 2. The summed E-state index contributed by atoms with van der Waals surface area (Å²) in [5.41, 5.74) is 1.34. The minimum atomic E-state index is 0.691. The smallest absolute Gasteiger partial charge is 0.130 e. The van der Waals surface area contributed by atoms with Crippen LogP contribution in [0.5, 0.6) is 0 Å². The van der Waals surface area contributed by atoms with E-state index in [1.54, 1.807) is 0 Å². The van der Waals surface area contributed by atoms with Gasteiger partial charge in [0.25, 0.3) is 0 Å². The Balaban J connectivity index is 1.69. The molecular weight excluding hydrogens is 236 g/mol. The van der Waals surface area contributed by atoms with Crippen molar-refractivity contribution in [2.75, 3.05) is 43.0 Å². The number of hydrogen-bond acceptors (Lipinski definition) is 4. The predicted octanol–water partition coefficient (Wildman–Crippen LogP) is 1.87. The van der Waals surface area contributed by atoms with E-state index in [-0.39, 0.29) is 0 Å². The molecule has 0 aliphatic carbocycles. The fourth-order valence-corrected chi connectivity index (χ4v) is 3.15. The average molecular weight is 260 g/mol. The Hall–Kier alpha value is -1.29. The van der Waals surface area contributed by atoms with Crippen LogP contribution in [0.1, 0.15) is 25.7 Å². The minimum Gasteiger partial charge on any atom is -0.371 e.